The minimum atomic E-state index is -0.571. The molecule has 2 heterocycles. The SMILES string of the molecule is CNC(=O)c1cc2nccc(Nc3ccc(NC(=O)Nc4cnn(C)c4)cc3F)c2cc1OC. The molecule has 0 saturated heterocycles. The van der Waals surface area contributed by atoms with Crippen molar-refractivity contribution in [1.29, 1.82) is 0 Å². The molecule has 11 heteroatoms. The molecular formula is C23H22FN7O3. The number of methoxy groups -OCH3 is 1. The summed E-state index contributed by atoms with van der Waals surface area (Å²) in [6.07, 6.45) is 4.69. The first-order chi connectivity index (χ1) is 16.4. The number of carbonyl (C=O) groups excluding carboxylic acids is 2. The van der Waals surface area contributed by atoms with Crippen molar-refractivity contribution < 1.29 is 18.7 Å². The Morgan fingerprint density at radius 2 is 1.85 bits per heavy atom. The molecule has 0 atom stereocenters. The lowest BCUT2D eigenvalue weighted by Crippen LogP contribution is -2.19. The quantitative estimate of drug-likeness (QED) is 0.344. The van der Waals surface area contributed by atoms with Gasteiger partial charge in [0.1, 0.15) is 11.6 Å². The molecular weight excluding hydrogens is 441 g/mol. The van der Waals surface area contributed by atoms with Gasteiger partial charge in [0.15, 0.2) is 0 Å². The number of ether oxygens (including phenoxy) is 1. The summed E-state index contributed by atoms with van der Waals surface area (Å²) in [5, 5.41) is 15.4. The van der Waals surface area contributed by atoms with Crippen molar-refractivity contribution in [2.45, 2.75) is 0 Å². The van der Waals surface area contributed by atoms with E-state index in [-0.39, 0.29) is 17.3 Å². The summed E-state index contributed by atoms with van der Waals surface area (Å²) < 4.78 is 21.7. The maximum Gasteiger partial charge on any atom is 0.323 e. The van der Waals surface area contributed by atoms with Crippen LogP contribution in [0.5, 0.6) is 5.75 Å². The van der Waals surface area contributed by atoms with Gasteiger partial charge in [-0.2, -0.15) is 5.10 Å². The number of hydrogen-bond donors (Lipinski definition) is 4. The number of fused-ring (bicyclic) bond motifs is 1. The standard InChI is InChI=1S/C23H22FN7O3/c1-25-22(32)16-9-20-15(10-21(16)34-3)18(6-7-26-20)30-19-5-4-13(8-17(19)24)28-23(33)29-14-11-27-31(2)12-14/h4-12H,1-3H3,(H,25,32)(H,26,30)(H2,28,29,33). The number of amides is 3. The third-order valence-electron chi connectivity index (χ3n) is 4.99. The number of nitrogens with zero attached hydrogens (tertiary/aromatic N) is 3. The molecule has 0 unspecified atom stereocenters. The highest BCUT2D eigenvalue weighted by Crippen LogP contribution is 2.32. The Labute approximate surface area is 194 Å². The fourth-order valence-corrected chi connectivity index (χ4v) is 3.38. The molecule has 4 N–H and O–H groups in total. The van der Waals surface area contributed by atoms with Gasteiger partial charge in [-0.25, -0.2) is 9.18 Å². The van der Waals surface area contributed by atoms with Crippen molar-refractivity contribution in [3.63, 3.8) is 0 Å². The van der Waals surface area contributed by atoms with E-state index in [0.29, 0.717) is 33.6 Å². The van der Waals surface area contributed by atoms with Crippen molar-refractivity contribution >= 4 is 45.6 Å². The highest BCUT2D eigenvalue weighted by Gasteiger charge is 2.15. The van der Waals surface area contributed by atoms with E-state index < -0.39 is 11.8 Å². The molecule has 0 aliphatic heterocycles. The molecule has 174 valence electrons. The molecule has 0 saturated carbocycles. The molecule has 3 amide bonds. The molecule has 0 bridgehead atoms. The van der Waals surface area contributed by atoms with Crippen LogP contribution in [0.15, 0.2) is 55.0 Å². The zero-order chi connectivity index (χ0) is 24.2. The summed E-state index contributed by atoms with van der Waals surface area (Å²) in [7, 11) is 4.72. The van der Waals surface area contributed by atoms with Gasteiger partial charge in [0.2, 0.25) is 0 Å². The number of aryl methyl sites for hydroxylation is 1. The van der Waals surface area contributed by atoms with Gasteiger partial charge >= 0.3 is 6.03 Å². The van der Waals surface area contributed by atoms with Crippen molar-refractivity contribution in [3.8, 4) is 5.75 Å². The van der Waals surface area contributed by atoms with Crippen molar-refractivity contribution in [2.24, 2.45) is 7.05 Å². The number of halogens is 1. The second-order valence-electron chi connectivity index (χ2n) is 7.31. The van der Waals surface area contributed by atoms with E-state index in [1.54, 1.807) is 48.4 Å². The average Bonchev–Trinajstić information content (AvgIpc) is 3.23. The molecule has 0 radical (unpaired) electrons. The summed E-state index contributed by atoms with van der Waals surface area (Å²) in [6, 6.07) is 8.74. The normalized spacial score (nSPS) is 10.6. The largest absolute Gasteiger partial charge is 0.496 e. The molecule has 2 aromatic carbocycles. The van der Waals surface area contributed by atoms with Crippen LogP contribution < -0.4 is 26.0 Å². The molecule has 4 aromatic rings. The van der Waals surface area contributed by atoms with Crippen LogP contribution in [-0.2, 0) is 7.05 Å². The Hall–Kier alpha value is -4.67. The van der Waals surface area contributed by atoms with Gasteiger partial charge in [-0.1, -0.05) is 0 Å². The third kappa shape index (κ3) is 4.72. The molecule has 34 heavy (non-hydrogen) atoms. The Morgan fingerprint density at radius 1 is 1.06 bits per heavy atom. The number of nitrogens with one attached hydrogen (secondary N) is 4. The number of aromatic nitrogens is 3. The summed E-state index contributed by atoms with van der Waals surface area (Å²) in [5.41, 5.74) is 2.43. The second kappa shape index (κ2) is 9.45. The van der Waals surface area contributed by atoms with Crippen molar-refractivity contribution in [1.82, 2.24) is 20.1 Å². The summed E-state index contributed by atoms with van der Waals surface area (Å²) in [4.78, 5) is 28.6. The molecule has 2 aromatic heterocycles. The summed E-state index contributed by atoms with van der Waals surface area (Å²) in [5.74, 6) is -0.513. The smallest absolute Gasteiger partial charge is 0.323 e. The van der Waals surface area contributed by atoms with Crippen LogP contribution in [0.1, 0.15) is 10.4 Å². The van der Waals surface area contributed by atoms with E-state index in [2.05, 4.69) is 31.3 Å². The van der Waals surface area contributed by atoms with Gasteiger partial charge in [0.25, 0.3) is 5.91 Å². The third-order valence-corrected chi connectivity index (χ3v) is 4.99. The zero-order valence-corrected chi connectivity index (χ0v) is 18.6. The van der Waals surface area contributed by atoms with Crippen molar-refractivity contribution in [3.05, 3.63) is 66.4 Å². The number of carbonyl (C=O) groups is 2. The van der Waals surface area contributed by atoms with Crippen molar-refractivity contribution in [2.75, 3.05) is 30.1 Å². The minimum absolute atomic E-state index is 0.195. The van der Waals surface area contributed by atoms with Crippen LogP contribution >= 0.6 is 0 Å². The van der Waals surface area contributed by atoms with Crippen LogP contribution in [0, 0.1) is 5.82 Å². The van der Waals surface area contributed by atoms with Crippen LogP contribution in [-0.4, -0.2) is 40.9 Å². The van der Waals surface area contributed by atoms with Gasteiger partial charge in [-0.05, 0) is 36.4 Å². The number of rotatable bonds is 6. The van der Waals surface area contributed by atoms with Gasteiger partial charge in [0, 0.05) is 43.3 Å². The molecule has 10 nitrogen and oxygen atoms in total. The summed E-state index contributed by atoms with van der Waals surface area (Å²) in [6.45, 7) is 0. The van der Waals surface area contributed by atoms with Gasteiger partial charge in [0.05, 0.1) is 35.8 Å². The lowest BCUT2D eigenvalue weighted by molar-refractivity contribution is 0.0960. The van der Waals surface area contributed by atoms with E-state index in [0.717, 1.165) is 0 Å². The maximum absolute atomic E-state index is 14.8. The first-order valence-corrected chi connectivity index (χ1v) is 10.2. The fourth-order valence-electron chi connectivity index (χ4n) is 3.38. The highest BCUT2D eigenvalue weighted by atomic mass is 19.1. The van der Waals surface area contributed by atoms with Crippen LogP contribution in [0.25, 0.3) is 10.9 Å². The Balaban J connectivity index is 1.56. The second-order valence-corrected chi connectivity index (χ2v) is 7.31. The van der Waals surface area contributed by atoms with E-state index >= 15 is 0 Å². The molecule has 0 fully saturated rings. The predicted molar refractivity (Wildman–Crippen MR) is 127 cm³/mol. The van der Waals surface area contributed by atoms with E-state index in [4.69, 9.17) is 4.74 Å². The predicted octanol–water partition coefficient (Wildman–Crippen LogP) is 3.86. The fraction of sp³-hybridized carbons (Fsp3) is 0.130. The lowest BCUT2D eigenvalue weighted by Gasteiger charge is -2.14. The lowest BCUT2D eigenvalue weighted by atomic mass is 10.1. The Bertz CT molecular complexity index is 1390. The molecule has 0 aliphatic carbocycles. The average molecular weight is 463 g/mol. The molecule has 0 spiro atoms. The van der Waals surface area contributed by atoms with Crippen LogP contribution in [0.3, 0.4) is 0 Å². The highest BCUT2D eigenvalue weighted by molar-refractivity contribution is 6.03. The first kappa shape index (κ1) is 22.5. The van der Waals surface area contributed by atoms with E-state index in [1.807, 2.05) is 0 Å². The van der Waals surface area contributed by atoms with E-state index in [9.17, 15) is 14.0 Å². The van der Waals surface area contributed by atoms with E-state index in [1.165, 1.54) is 32.5 Å². The Kier molecular flexibility index (Phi) is 6.26. The number of anilines is 4. The number of urea groups is 1. The zero-order valence-electron chi connectivity index (χ0n) is 18.6. The number of benzene rings is 2. The minimum Gasteiger partial charge on any atom is -0.496 e. The first-order valence-electron chi connectivity index (χ1n) is 10.2. The van der Waals surface area contributed by atoms with Gasteiger partial charge in [-0.3, -0.25) is 14.5 Å². The van der Waals surface area contributed by atoms with Gasteiger partial charge < -0.3 is 26.0 Å². The monoisotopic (exact) mass is 463 g/mol. The van der Waals surface area contributed by atoms with Crippen LogP contribution in [0.4, 0.5) is 31.9 Å². The maximum atomic E-state index is 14.8. The topological polar surface area (TPSA) is 122 Å². The van der Waals surface area contributed by atoms with Crippen LogP contribution in [0.2, 0.25) is 0 Å². The Morgan fingerprint density at radius 3 is 2.53 bits per heavy atom. The number of hydrogen-bond acceptors (Lipinski definition) is 6. The molecule has 4 rings (SSSR count). The van der Waals surface area contributed by atoms with Gasteiger partial charge in [-0.15, -0.1) is 0 Å². The molecule has 0 aliphatic rings. The number of pyridine rings is 1. The summed E-state index contributed by atoms with van der Waals surface area (Å²) >= 11 is 0.